The van der Waals surface area contributed by atoms with Gasteiger partial charge in [0.2, 0.25) is 0 Å². The summed E-state index contributed by atoms with van der Waals surface area (Å²) in [6, 6.07) is 0. The van der Waals surface area contributed by atoms with Crippen LogP contribution < -0.4 is 0 Å². The van der Waals surface area contributed by atoms with Crippen LogP contribution in [-0.2, 0) is 19.0 Å². The Bertz CT molecular complexity index is 112. The number of hydrogen-bond donors (Lipinski definition) is 0. The highest BCUT2D eigenvalue weighted by molar-refractivity contribution is 5.66. The fourth-order valence-electron chi connectivity index (χ4n) is 0.552. The zero-order chi connectivity index (χ0) is 10.7. The van der Waals surface area contributed by atoms with E-state index in [0.29, 0.717) is 6.61 Å². The molecule has 0 saturated heterocycles. The molecule has 1 unspecified atom stereocenters. The Morgan fingerprint density at radius 3 is 2.00 bits per heavy atom. The minimum Gasteiger partial charge on any atom is -0.460 e. The second kappa shape index (κ2) is 11.4. The van der Waals surface area contributed by atoms with Crippen LogP contribution in [0.4, 0.5) is 0 Å². The number of carbonyl (C=O) groups excluding carboxylic acids is 1. The lowest BCUT2D eigenvalue weighted by Crippen LogP contribution is -2.17. The van der Waals surface area contributed by atoms with E-state index < -0.39 is 0 Å². The molecule has 4 nitrogen and oxygen atoms in total. The van der Waals surface area contributed by atoms with Gasteiger partial charge in [0.05, 0.1) is 6.61 Å². The molecule has 0 fully saturated rings. The molecule has 0 aliphatic carbocycles. The molecule has 4 heteroatoms. The lowest BCUT2D eigenvalue weighted by atomic mass is 10.4. The second-order valence-corrected chi connectivity index (χ2v) is 2.45. The predicted molar refractivity (Wildman–Crippen MR) is 50.7 cm³/mol. The highest BCUT2D eigenvalue weighted by Gasteiger charge is 2.02. The van der Waals surface area contributed by atoms with Gasteiger partial charge in [-0.25, -0.2) is 0 Å². The predicted octanol–water partition coefficient (Wildman–Crippen LogP) is 1.24. The monoisotopic (exact) mass is 192 g/mol. The van der Waals surface area contributed by atoms with Crippen molar-refractivity contribution < 1.29 is 19.0 Å². The van der Waals surface area contributed by atoms with E-state index in [2.05, 4.69) is 4.74 Å². The molecule has 0 amide bonds. The Balaban J connectivity index is 0. The number of methoxy groups -OCH3 is 2. The smallest absolute Gasteiger partial charge is 0.302 e. The molecule has 0 aliphatic heterocycles. The van der Waals surface area contributed by atoms with Gasteiger partial charge in [-0.1, -0.05) is 0 Å². The summed E-state index contributed by atoms with van der Waals surface area (Å²) in [5.41, 5.74) is 0. The molecule has 0 aromatic rings. The summed E-state index contributed by atoms with van der Waals surface area (Å²) < 4.78 is 14.0. The topological polar surface area (TPSA) is 44.8 Å². The first-order valence-corrected chi connectivity index (χ1v) is 4.23. The van der Waals surface area contributed by atoms with E-state index in [-0.39, 0.29) is 12.1 Å². The molecule has 0 saturated carbocycles. The van der Waals surface area contributed by atoms with Crippen molar-refractivity contribution in [1.82, 2.24) is 0 Å². The van der Waals surface area contributed by atoms with Crippen molar-refractivity contribution >= 4 is 5.97 Å². The third-order valence-electron chi connectivity index (χ3n) is 1.06. The molecule has 0 heterocycles. The summed E-state index contributed by atoms with van der Waals surface area (Å²) in [5, 5.41) is 0. The standard InChI is InChI=1S/C6H12O3.C3H8O/c1-5(4-8-3)9-6(2)7;1-3-4-2/h5H,4H2,1-3H3;3H2,1-2H3. The van der Waals surface area contributed by atoms with Gasteiger partial charge >= 0.3 is 5.97 Å². The van der Waals surface area contributed by atoms with E-state index in [4.69, 9.17) is 9.47 Å². The normalized spacial score (nSPS) is 11.2. The fraction of sp³-hybridized carbons (Fsp3) is 0.889. The van der Waals surface area contributed by atoms with Crippen LogP contribution in [-0.4, -0.2) is 39.5 Å². The van der Waals surface area contributed by atoms with Gasteiger partial charge in [-0.2, -0.15) is 0 Å². The lowest BCUT2D eigenvalue weighted by molar-refractivity contribution is -0.147. The molecule has 0 N–H and O–H groups in total. The van der Waals surface area contributed by atoms with Crippen LogP contribution in [0.25, 0.3) is 0 Å². The van der Waals surface area contributed by atoms with Crippen LogP contribution in [0, 0.1) is 0 Å². The first-order valence-electron chi connectivity index (χ1n) is 4.23. The van der Waals surface area contributed by atoms with Crippen molar-refractivity contribution in [3.05, 3.63) is 0 Å². The molecule has 13 heavy (non-hydrogen) atoms. The lowest BCUT2D eigenvalue weighted by Gasteiger charge is -2.08. The van der Waals surface area contributed by atoms with Gasteiger partial charge in [-0.3, -0.25) is 4.79 Å². The van der Waals surface area contributed by atoms with E-state index in [1.807, 2.05) is 6.92 Å². The minimum absolute atomic E-state index is 0.132. The molecular formula is C9H20O4. The summed E-state index contributed by atoms with van der Waals surface area (Å²) in [4.78, 5) is 10.3. The Labute approximate surface area is 80.2 Å². The maximum absolute atomic E-state index is 10.3. The average molecular weight is 192 g/mol. The van der Waals surface area contributed by atoms with Crippen LogP contribution in [0.15, 0.2) is 0 Å². The summed E-state index contributed by atoms with van der Waals surface area (Å²) in [5.74, 6) is -0.264. The van der Waals surface area contributed by atoms with Gasteiger partial charge < -0.3 is 14.2 Å². The first kappa shape index (κ1) is 14.9. The van der Waals surface area contributed by atoms with Gasteiger partial charge in [-0.15, -0.1) is 0 Å². The molecule has 1 atom stereocenters. The molecule has 0 rings (SSSR count). The molecule has 0 spiro atoms. The van der Waals surface area contributed by atoms with Gasteiger partial charge in [0, 0.05) is 27.8 Å². The number of rotatable bonds is 4. The number of hydrogen-bond acceptors (Lipinski definition) is 4. The molecule has 0 aromatic heterocycles. The second-order valence-electron chi connectivity index (χ2n) is 2.45. The van der Waals surface area contributed by atoms with Crippen LogP contribution >= 0.6 is 0 Å². The molecule has 0 aromatic carbocycles. The summed E-state index contributed by atoms with van der Waals surface area (Å²) in [6.45, 7) is 6.40. The molecule has 0 bridgehead atoms. The fourth-order valence-corrected chi connectivity index (χ4v) is 0.552. The van der Waals surface area contributed by atoms with E-state index in [1.165, 1.54) is 6.92 Å². The van der Waals surface area contributed by atoms with E-state index in [9.17, 15) is 4.79 Å². The van der Waals surface area contributed by atoms with Gasteiger partial charge in [0.15, 0.2) is 0 Å². The van der Waals surface area contributed by atoms with Crippen molar-refractivity contribution in [2.45, 2.75) is 26.9 Å². The van der Waals surface area contributed by atoms with Crippen LogP contribution in [0.1, 0.15) is 20.8 Å². The Morgan fingerprint density at radius 1 is 1.31 bits per heavy atom. The zero-order valence-corrected chi connectivity index (χ0v) is 9.12. The zero-order valence-electron chi connectivity index (χ0n) is 9.12. The summed E-state index contributed by atoms with van der Waals surface area (Å²) >= 11 is 0. The molecule has 80 valence electrons. The Hall–Kier alpha value is -0.610. The largest absolute Gasteiger partial charge is 0.460 e. The Kier molecular flexibility index (Phi) is 13.0. The SMILES string of the molecule is CCOC.COCC(C)OC(C)=O. The van der Waals surface area contributed by atoms with Gasteiger partial charge in [-0.05, 0) is 13.8 Å². The average Bonchev–Trinajstić information content (AvgIpc) is 2.04. The molecule has 0 aliphatic rings. The highest BCUT2D eigenvalue weighted by atomic mass is 16.6. The van der Waals surface area contributed by atoms with E-state index >= 15 is 0 Å². The summed E-state index contributed by atoms with van der Waals surface area (Å²) in [6.07, 6.45) is -0.132. The third kappa shape index (κ3) is 18.4. The van der Waals surface area contributed by atoms with Crippen molar-refractivity contribution in [3.63, 3.8) is 0 Å². The van der Waals surface area contributed by atoms with Crippen LogP contribution in [0.2, 0.25) is 0 Å². The van der Waals surface area contributed by atoms with Crippen molar-refractivity contribution in [2.24, 2.45) is 0 Å². The molecule has 0 radical (unpaired) electrons. The quantitative estimate of drug-likeness (QED) is 0.628. The number of esters is 1. The van der Waals surface area contributed by atoms with Crippen molar-refractivity contribution in [2.75, 3.05) is 27.4 Å². The van der Waals surface area contributed by atoms with Crippen LogP contribution in [0.5, 0.6) is 0 Å². The van der Waals surface area contributed by atoms with Crippen molar-refractivity contribution in [1.29, 1.82) is 0 Å². The van der Waals surface area contributed by atoms with Crippen molar-refractivity contribution in [3.8, 4) is 0 Å². The first-order chi connectivity index (χ1) is 6.08. The maximum Gasteiger partial charge on any atom is 0.302 e. The maximum atomic E-state index is 10.3. The number of ether oxygens (including phenoxy) is 3. The number of carbonyl (C=O) groups is 1. The van der Waals surface area contributed by atoms with E-state index in [0.717, 1.165) is 6.61 Å². The minimum atomic E-state index is -0.264. The Morgan fingerprint density at radius 2 is 1.77 bits per heavy atom. The molecular weight excluding hydrogens is 172 g/mol. The van der Waals surface area contributed by atoms with E-state index in [1.54, 1.807) is 21.1 Å². The third-order valence-corrected chi connectivity index (χ3v) is 1.06. The van der Waals surface area contributed by atoms with Gasteiger partial charge in [0.25, 0.3) is 0 Å². The van der Waals surface area contributed by atoms with Gasteiger partial charge in [0.1, 0.15) is 6.10 Å². The summed E-state index contributed by atoms with van der Waals surface area (Å²) in [7, 11) is 3.25. The highest BCUT2D eigenvalue weighted by Crippen LogP contribution is 1.90. The van der Waals surface area contributed by atoms with Crippen LogP contribution in [0.3, 0.4) is 0 Å².